The van der Waals surface area contributed by atoms with E-state index in [1.165, 1.54) is 0 Å². The molecular formula is C9H9FN2O5. The van der Waals surface area contributed by atoms with E-state index in [1.807, 2.05) is 0 Å². The summed E-state index contributed by atoms with van der Waals surface area (Å²) >= 11 is 0. The maximum Gasteiger partial charge on any atom is 0.320 e. The molecule has 0 aliphatic carbocycles. The van der Waals surface area contributed by atoms with Gasteiger partial charge in [0.2, 0.25) is 5.75 Å². The number of phenolic OH excluding ortho intramolecular Hbond substituents is 1. The summed E-state index contributed by atoms with van der Waals surface area (Å²) in [5, 5.41) is 28.1. The number of halogens is 1. The van der Waals surface area contributed by atoms with E-state index in [-0.39, 0.29) is 12.0 Å². The Bertz CT molecular complexity index is 477. The Morgan fingerprint density at radius 1 is 1.59 bits per heavy atom. The van der Waals surface area contributed by atoms with Gasteiger partial charge in [-0.3, -0.25) is 14.9 Å². The summed E-state index contributed by atoms with van der Waals surface area (Å²) in [6.07, 6.45) is -0.270. The quantitative estimate of drug-likeness (QED) is 0.519. The molecule has 0 radical (unpaired) electrons. The highest BCUT2D eigenvalue weighted by molar-refractivity contribution is 5.73. The first-order chi connectivity index (χ1) is 7.82. The average Bonchev–Trinajstić information content (AvgIpc) is 2.22. The lowest BCUT2D eigenvalue weighted by atomic mass is 10.1. The van der Waals surface area contributed by atoms with Crippen LogP contribution in [0.2, 0.25) is 0 Å². The topological polar surface area (TPSA) is 127 Å². The zero-order valence-corrected chi connectivity index (χ0v) is 8.46. The van der Waals surface area contributed by atoms with Gasteiger partial charge in [-0.05, 0) is 18.1 Å². The molecule has 0 aliphatic rings. The van der Waals surface area contributed by atoms with E-state index in [9.17, 15) is 19.3 Å². The first kappa shape index (κ1) is 12.8. The number of phenols is 1. The fourth-order valence-corrected chi connectivity index (χ4v) is 1.24. The number of nitro groups is 1. The van der Waals surface area contributed by atoms with Crippen LogP contribution in [0, 0.1) is 15.9 Å². The van der Waals surface area contributed by atoms with Crippen LogP contribution < -0.4 is 5.73 Å². The average molecular weight is 244 g/mol. The SMILES string of the molecule is N[C@@H](Cc1cc(F)c(O)c([N+](=O)[O-])c1)C(=O)O. The van der Waals surface area contributed by atoms with E-state index in [4.69, 9.17) is 15.9 Å². The normalized spacial score (nSPS) is 12.1. The smallest absolute Gasteiger partial charge is 0.320 e. The minimum absolute atomic E-state index is 0.0295. The largest absolute Gasteiger partial charge is 0.500 e. The molecule has 0 spiro atoms. The van der Waals surface area contributed by atoms with Crippen LogP contribution in [0.15, 0.2) is 12.1 Å². The number of benzene rings is 1. The molecular weight excluding hydrogens is 235 g/mol. The third kappa shape index (κ3) is 2.88. The number of hydrogen-bond acceptors (Lipinski definition) is 5. The molecule has 92 valence electrons. The minimum atomic E-state index is -1.30. The van der Waals surface area contributed by atoms with Gasteiger partial charge in [0.15, 0.2) is 5.82 Å². The van der Waals surface area contributed by atoms with Gasteiger partial charge in [0.1, 0.15) is 6.04 Å². The zero-order valence-electron chi connectivity index (χ0n) is 8.46. The lowest BCUT2D eigenvalue weighted by molar-refractivity contribution is -0.386. The van der Waals surface area contributed by atoms with E-state index in [1.54, 1.807) is 0 Å². The number of nitrogens with two attached hydrogens (primary N) is 1. The Morgan fingerprint density at radius 3 is 2.65 bits per heavy atom. The third-order valence-electron chi connectivity index (χ3n) is 2.07. The highest BCUT2D eigenvalue weighted by Gasteiger charge is 2.21. The van der Waals surface area contributed by atoms with Gasteiger partial charge < -0.3 is 15.9 Å². The second kappa shape index (κ2) is 4.74. The highest BCUT2D eigenvalue weighted by Crippen LogP contribution is 2.30. The Kier molecular flexibility index (Phi) is 3.59. The molecule has 0 aliphatic heterocycles. The predicted octanol–water partition coefficient (Wildman–Crippen LogP) is 0.394. The summed E-state index contributed by atoms with van der Waals surface area (Å²) in [5.41, 5.74) is 4.42. The van der Waals surface area contributed by atoms with Crippen molar-refractivity contribution in [3.63, 3.8) is 0 Å². The number of aromatic hydroxyl groups is 1. The molecule has 17 heavy (non-hydrogen) atoms. The fraction of sp³-hybridized carbons (Fsp3) is 0.222. The van der Waals surface area contributed by atoms with Gasteiger partial charge >= 0.3 is 11.7 Å². The predicted molar refractivity (Wildman–Crippen MR) is 54.0 cm³/mol. The Labute approximate surface area is 94.4 Å². The summed E-state index contributed by atoms with van der Waals surface area (Å²) in [6.45, 7) is 0. The van der Waals surface area contributed by atoms with Crippen LogP contribution in [-0.2, 0) is 11.2 Å². The molecule has 1 aromatic rings. The Morgan fingerprint density at radius 2 is 2.18 bits per heavy atom. The molecule has 8 heteroatoms. The molecule has 0 saturated carbocycles. The molecule has 1 aromatic carbocycles. The molecule has 1 atom stereocenters. The number of carbonyl (C=O) groups is 1. The molecule has 0 fully saturated rings. The maximum atomic E-state index is 13.1. The van der Waals surface area contributed by atoms with Crippen LogP contribution in [0.5, 0.6) is 5.75 Å². The van der Waals surface area contributed by atoms with Crippen molar-refractivity contribution >= 4 is 11.7 Å². The number of carboxylic acids is 1. The standard InChI is InChI=1S/C9H9FN2O5/c10-5-1-4(2-6(11)9(14)15)3-7(8(5)13)12(16)17/h1,3,6,13H,2,11H2,(H,14,15)/t6-/m0/s1. The van der Waals surface area contributed by atoms with Crippen LogP contribution in [0.1, 0.15) is 5.56 Å². The van der Waals surface area contributed by atoms with E-state index in [0.717, 1.165) is 12.1 Å². The van der Waals surface area contributed by atoms with Gasteiger partial charge in [0.05, 0.1) is 4.92 Å². The number of nitro benzene ring substituents is 1. The molecule has 1 rings (SSSR count). The molecule has 0 heterocycles. The van der Waals surface area contributed by atoms with Gasteiger partial charge in [-0.15, -0.1) is 0 Å². The van der Waals surface area contributed by atoms with Crippen molar-refractivity contribution in [3.8, 4) is 5.75 Å². The van der Waals surface area contributed by atoms with Crippen molar-refractivity contribution in [2.75, 3.05) is 0 Å². The summed E-state index contributed by atoms with van der Waals surface area (Å²) < 4.78 is 13.1. The molecule has 4 N–H and O–H groups in total. The fourth-order valence-electron chi connectivity index (χ4n) is 1.24. The molecule has 0 amide bonds. The number of nitrogens with zero attached hydrogens (tertiary/aromatic N) is 1. The van der Waals surface area contributed by atoms with Crippen molar-refractivity contribution in [1.82, 2.24) is 0 Å². The van der Waals surface area contributed by atoms with Crippen LogP contribution >= 0.6 is 0 Å². The van der Waals surface area contributed by atoms with Gasteiger partial charge in [0.25, 0.3) is 0 Å². The summed E-state index contributed by atoms with van der Waals surface area (Å²) in [5.74, 6) is -3.57. The molecule has 0 bridgehead atoms. The van der Waals surface area contributed by atoms with Crippen molar-refractivity contribution < 1.29 is 24.3 Å². The third-order valence-corrected chi connectivity index (χ3v) is 2.07. The molecule has 0 saturated heterocycles. The second-order valence-electron chi connectivity index (χ2n) is 3.35. The van der Waals surface area contributed by atoms with Crippen LogP contribution in [0.3, 0.4) is 0 Å². The first-order valence-electron chi connectivity index (χ1n) is 4.47. The van der Waals surface area contributed by atoms with Gasteiger partial charge in [0, 0.05) is 6.07 Å². The molecule has 0 unspecified atom stereocenters. The van der Waals surface area contributed by atoms with Crippen LogP contribution in [-0.4, -0.2) is 27.1 Å². The number of carboxylic acid groups (broad SMARTS) is 1. The van der Waals surface area contributed by atoms with Crippen molar-refractivity contribution in [3.05, 3.63) is 33.6 Å². The van der Waals surface area contributed by atoms with Gasteiger partial charge in [-0.2, -0.15) is 0 Å². The van der Waals surface area contributed by atoms with E-state index < -0.39 is 34.2 Å². The number of aliphatic carboxylic acids is 1. The zero-order chi connectivity index (χ0) is 13.2. The maximum absolute atomic E-state index is 13.1. The molecule has 0 aromatic heterocycles. The summed E-state index contributed by atoms with van der Waals surface area (Å²) in [7, 11) is 0. The first-order valence-corrected chi connectivity index (χ1v) is 4.47. The van der Waals surface area contributed by atoms with Crippen LogP contribution in [0.25, 0.3) is 0 Å². The Hall–Kier alpha value is -2.22. The van der Waals surface area contributed by atoms with E-state index in [0.29, 0.717) is 0 Å². The lowest BCUT2D eigenvalue weighted by Crippen LogP contribution is -2.32. The van der Waals surface area contributed by atoms with Crippen molar-refractivity contribution in [2.45, 2.75) is 12.5 Å². The highest BCUT2D eigenvalue weighted by atomic mass is 19.1. The number of rotatable bonds is 4. The van der Waals surface area contributed by atoms with E-state index in [2.05, 4.69) is 0 Å². The lowest BCUT2D eigenvalue weighted by Gasteiger charge is -2.07. The second-order valence-corrected chi connectivity index (χ2v) is 3.35. The van der Waals surface area contributed by atoms with Crippen molar-refractivity contribution in [1.29, 1.82) is 0 Å². The van der Waals surface area contributed by atoms with Crippen LogP contribution in [0.4, 0.5) is 10.1 Å². The summed E-state index contributed by atoms with van der Waals surface area (Å²) in [4.78, 5) is 20.0. The van der Waals surface area contributed by atoms with E-state index >= 15 is 0 Å². The monoisotopic (exact) mass is 244 g/mol. The minimum Gasteiger partial charge on any atom is -0.500 e. The van der Waals surface area contributed by atoms with Crippen molar-refractivity contribution in [2.24, 2.45) is 5.73 Å². The molecule has 7 nitrogen and oxygen atoms in total. The Balaban J connectivity index is 3.11. The van der Waals surface area contributed by atoms with Gasteiger partial charge in [-0.25, -0.2) is 4.39 Å². The number of hydrogen-bond donors (Lipinski definition) is 3. The summed E-state index contributed by atoms with van der Waals surface area (Å²) in [6, 6.07) is 0.408. The van der Waals surface area contributed by atoms with Gasteiger partial charge in [-0.1, -0.05) is 0 Å².